The molecule has 1 aliphatic heterocycles. The number of carbonyl (C=O) groups is 2. The minimum Gasteiger partial charge on any atom is -0.490 e. The Kier molecular flexibility index (Phi) is 5.03. The highest BCUT2D eigenvalue weighted by Gasteiger charge is 2.27. The Hall–Kier alpha value is -2.24. The molecule has 0 saturated carbocycles. The average molecular weight is 293 g/mol. The predicted molar refractivity (Wildman–Crippen MR) is 75.5 cm³/mol. The largest absolute Gasteiger partial charge is 0.490 e. The van der Waals surface area contributed by atoms with Crippen molar-refractivity contribution in [3.8, 4) is 11.5 Å². The van der Waals surface area contributed by atoms with Gasteiger partial charge in [-0.25, -0.2) is 4.79 Å². The number of aliphatic carboxylic acids is 1. The van der Waals surface area contributed by atoms with Crippen molar-refractivity contribution >= 4 is 12.4 Å². The maximum Gasteiger partial charge on any atom is 0.331 e. The van der Waals surface area contributed by atoms with Crippen molar-refractivity contribution in [3.05, 3.63) is 23.8 Å². The van der Waals surface area contributed by atoms with Crippen LogP contribution >= 0.6 is 0 Å². The van der Waals surface area contributed by atoms with E-state index in [1.54, 1.807) is 18.2 Å². The van der Waals surface area contributed by atoms with Gasteiger partial charge in [0.15, 0.2) is 17.5 Å². The summed E-state index contributed by atoms with van der Waals surface area (Å²) in [4.78, 5) is 24.0. The lowest BCUT2D eigenvalue weighted by Gasteiger charge is -2.25. The minimum absolute atomic E-state index is 0.384. The number of benzene rings is 1. The van der Waals surface area contributed by atoms with E-state index >= 15 is 0 Å². The van der Waals surface area contributed by atoms with Gasteiger partial charge in [-0.1, -0.05) is 13.0 Å². The lowest BCUT2D eigenvalue weighted by atomic mass is 10.0. The highest BCUT2D eigenvalue weighted by atomic mass is 16.5. The molecule has 1 aromatic carbocycles. The van der Waals surface area contributed by atoms with Gasteiger partial charge in [-0.15, -0.1) is 0 Å². The molecule has 0 bridgehead atoms. The summed E-state index contributed by atoms with van der Waals surface area (Å²) in [5.74, 6) is 0.0668. The third-order valence-electron chi connectivity index (χ3n) is 3.27. The van der Waals surface area contributed by atoms with E-state index in [1.165, 1.54) is 4.90 Å². The zero-order chi connectivity index (χ0) is 15.2. The van der Waals surface area contributed by atoms with Crippen LogP contribution in [0.3, 0.4) is 0 Å². The fraction of sp³-hybridized carbons (Fsp3) is 0.467. The zero-order valence-corrected chi connectivity index (χ0v) is 11.9. The predicted octanol–water partition coefficient (Wildman–Crippen LogP) is 1.84. The van der Waals surface area contributed by atoms with Gasteiger partial charge < -0.3 is 19.5 Å². The lowest BCUT2D eigenvalue weighted by Crippen LogP contribution is -2.33. The first-order valence-electron chi connectivity index (χ1n) is 7.00. The van der Waals surface area contributed by atoms with Crippen LogP contribution in [0.1, 0.15) is 31.4 Å². The molecule has 6 heteroatoms. The fourth-order valence-corrected chi connectivity index (χ4v) is 2.33. The van der Waals surface area contributed by atoms with Gasteiger partial charge in [0.2, 0.25) is 6.41 Å². The average Bonchev–Trinajstić information content (AvgIpc) is 2.71. The summed E-state index contributed by atoms with van der Waals surface area (Å²) < 4.78 is 11.1. The Morgan fingerprint density at radius 1 is 1.38 bits per heavy atom. The number of rotatable bonds is 6. The zero-order valence-electron chi connectivity index (χ0n) is 11.9. The van der Waals surface area contributed by atoms with Crippen molar-refractivity contribution in [2.45, 2.75) is 25.8 Å². The normalized spacial score (nSPS) is 14.9. The molecular formula is C15H19NO5. The molecule has 0 spiro atoms. The molecule has 1 aromatic rings. The van der Waals surface area contributed by atoms with Gasteiger partial charge in [0.05, 0.1) is 13.2 Å². The molecule has 0 saturated heterocycles. The van der Waals surface area contributed by atoms with Crippen molar-refractivity contribution in [2.24, 2.45) is 0 Å². The molecule has 1 heterocycles. The Balaban J connectivity index is 2.34. The molecule has 0 fully saturated rings. The van der Waals surface area contributed by atoms with Crippen LogP contribution < -0.4 is 9.47 Å². The second-order valence-electron chi connectivity index (χ2n) is 4.84. The van der Waals surface area contributed by atoms with Gasteiger partial charge in [0, 0.05) is 13.0 Å². The highest BCUT2D eigenvalue weighted by molar-refractivity contribution is 5.78. The van der Waals surface area contributed by atoms with Crippen molar-refractivity contribution in [2.75, 3.05) is 19.8 Å². The van der Waals surface area contributed by atoms with Crippen LogP contribution in [0.5, 0.6) is 11.5 Å². The smallest absolute Gasteiger partial charge is 0.331 e. The number of ether oxygens (including phenoxy) is 2. The van der Waals surface area contributed by atoms with E-state index < -0.39 is 12.0 Å². The van der Waals surface area contributed by atoms with Crippen LogP contribution in [-0.4, -0.2) is 42.1 Å². The Morgan fingerprint density at radius 3 is 2.71 bits per heavy atom. The summed E-state index contributed by atoms with van der Waals surface area (Å²) >= 11 is 0. The summed E-state index contributed by atoms with van der Waals surface area (Å²) in [6.07, 6.45) is 2.04. The standard InChI is InChI=1S/C15H19NO5/c1-2-6-16(10-17)14(15(18)19)11-4-5-12-13(9-11)21-8-3-7-20-12/h4-5,9-10,14H,2-3,6-8H2,1H3,(H,18,19). The topological polar surface area (TPSA) is 76.1 Å². The number of fused-ring (bicyclic) bond motifs is 1. The summed E-state index contributed by atoms with van der Waals surface area (Å²) in [5.41, 5.74) is 0.507. The molecule has 2 rings (SSSR count). The summed E-state index contributed by atoms with van der Waals surface area (Å²) in [6, 6.07) is 3.99. The van der Waals surface area contributed by atoms with Crippen LogP contribution in [-0.2, 0) is 9.59 Å². The van der Waals surface area contributed by atoms with Gasteiger partial charge in [-0.2, -0.15) is 0 Å². The first-order chi connectivity index (χ1) is 10.2. The third-order valence-corrected chi connectivity index (χ3v) is 3.27. The number of amides is 1. The first kappa shape index (κ1) is 15.2. The van der Waals surface area contributed by atoms with Gasteiger partial charge >= 0.3 is 5.97 Å². The highest BCUT2D eigenvalue weighted by Crippen LogP contribution is 2.33. The fourth-order valence-electron chi connectivity index (χ4n) is 2.33. The second-order valence-corrected chi connectivity index (χ2v) is 4.84. The SMILES string of the molecule is CCCN(C=O)C(C(=O)O)c1ccc2c(c1)OCCCO2. The molecule has 1 aliphatic rings. The second kappa shape index (κ2) is 6.97. The molecule has 21 heavy (non-hydrogen) atoms. The Bertz CT molecular complexity index is 517. The minimum atomic E-state index is -1.06. The summed E-state index contributed by atoms with van der Waals surface area (Å²) in [5, 5.41) is 9.44. The Morgan fingerprint density at radius 2 is 2.10 bits per heavy atom. The number of nitrogens with zero attached hydrogens (tertiary/aromatic N) is 1. The molecule has 0 aromatic heterocycles. The van der Waals surface area contributed by atoms with Crippen molar-refractivity contribution in [3.63, 3.8) is 0 Å². The van der Waals surface area contributed by atoms with Crippen LogP contribution in [0.15, 0.2) is 18.2 Å². The third kappa shape index (κ3) is 3.45. The van der Waals surface area contributed by atoms with Gasteiger partial charge in [0.25, 0.3) is 0 Å². The summed E-state index contributed by atoms with van der Waals surface area (Å²) in [6.45, 7) is 3.38. The first-order valence-corrected chi connectivity index (χ1v) is 7.00. The van der Waals surface area contributed by atoms with E-state index in [0.717, 1.165) is 6.42 Å². The van der Waals surface area contributed by atoms with Gasteiger partial charge in [0.1, 0.15) is 0 Å². The van der Waals surface area contributed by atoms with Gasteiger partial charge in [-0.3, -0.25) is 4.79 Å². The monoisotopic (exact) mass is 293 g/mol. The van der Waals surface area contributed by atoms with E-state index in [0.29, 0.717) is 49.7 Å². The van der Waals surface area contributed by atoms with Crippen molar-refractivity contribution in [1.29, 1.82) is 0 Å². The molecule has 1 N–H and O–H groups in total. The Labute approximate surface area is 123 Å². The van der Waals surface area contributed by atoms with E-state index in [1.807, 2.05) is 6.92 Å². The molecule has 114 valence electrons. The van der Waals surface area contributed by atoms with E-state index in [-0.39, 0.29) is 0 Å². The molecule has 1 unspecified atom stereocenters. The van der Waals surface area contributed by atoms with Crippen LogP contribution in [0.4, 0.5) is 0 Å². The van der Waals surface area contributed by atoms with Crippen LogP contribution in [0.25, 0.3) is 0 Å². The quantitative estimate of drug-likeness (QED) is 0.810. The summed E-state index contributed by atoms with van der Waals surface area (Å²) in [7, 11) is 0. The number of carboxylic acid groups (broad SMARTS) is 1. The molecule has 6 nitrogen and oxygen atoms in total. The van der Waals surface area contributed by atoms with Crippen LogP contribution in [0.2, 0.25) is 0 Å². The lowest BCUT2D eigenvalue weighted by molar-refractivity contribution is -0.146. The number of carbonyl (C=O) groups excluding carboxylic acids is 1. The van der Waals surface area contributed by atoms with E-state index in [9.17, 15) is 14.7 Å². The maximum absolute atomic E-state index is 11.5. The van der Waals surface area contributed by atoms with Crippen molar-refractivity contribution in [1.82, 2.24) is 4.90 Å². The number of hydrogen-bond acceptors (Lipinski definition) is 4. The maximum atomic E-state index is 11.5. The number of carboxylic acids is 1. The molecular weight excluding hydrogens is 274 g/mol. The van der Waals surface area contributed by atoms with Crippen molar-refractivity contribution < 1.29 is 24.2 Å². The van der Waals surface area contributed by atoms with Crippen LogP contribution in [0, 0.1) is 0 Å². The molecule has 1 amide bonds. The number of hydrogen-bond donors (Lipinski definition) is 1. The van der Waals surface area contributed by atoms with Gasteiger partial charge in [-0.05, 0) is 24.1 Å². The van der Waals surface area contributed by atoms with E-state index in [2.05, 4.69) is 0 Å². The van der Waals surface area contributed by atoms with E-state index in [4.69, 9.17) is 9.47 Å². The molecule has 0 aliphatic carbocycles. The molecule has 1 atom stereocenters. The molecule has 0 radical (unpaired) electrons.